The van der Waals surface area contributed by atoms with Gasteiger partial charge in [-0.2, -0.15) is 0 Å². The zero-order valence-electron chi connectivity index (χ0n) is 11.9. The van der Waals surface area contributed by atoms with Crippen LogP contribution in [0.5, 0.6) is 0 Å². The SMILES string of the molecule is CCCCNc1nc(C)cn1C(CC)c1nccs1. The molecule has 2 heterocycles. The average molecular weight is 278 g/mol. The molecule has 1 N–H and O–H groups in total. The van der Waals surface area contributed by atoms with Crippen LogP contribution >= 0.6 is 11.3 Å². The minimum Gasteiger partial charge on any atom is -0.356 e. The van der Waals surface area contributed by atoms with E-state index in [0.29, 0.717) is 0 Å². The molecule has 2 aromatic heterocycles. The first-order chi connectivity index (χ1) is 9.26. The number of hydrogen-bond acceptors (Lipinski definition) is 4. The fourth-order valence-corrected chi connectivity index (χ4v) is 2.97. The molecule has 1 atom stereocenters. The van der Waals surface area contributed by atoms with Gasteiger partial charge in [0.1, 0.15) is 5.01 Å². The Labute approximate surface area is 118 Å². The molecule has 2 aromatic rings. The molecule has 104 valence electrons. The summed E-state index contributed by atoms with van der Waals surface area (Å²) in [7, 11) is 0. The summed E-state index contributed by atoms with van der Waals surface area (Å²) >= 11 is 1.71. The van der Waals surface area contributed by atoms with E-state index in [2.05, 4.69) is 39.9 Å². The van der Waals surface area contributed by atoms with Gasteiger partial charge in [0.25, 0.3) is 0 Å². The highest BCUT2D eigenvalue weighted by Crippen LogP contribution is 2.27. The zero-order chi connectivity index (χ0) is 13.7. The van der Waals surface area contributed by atoms with Crippen LogP contribution in [0.2, 0.25) is 0 Å². The number of aryl methyl sites for hydroxylation is 1. The Balaban J connectivity index is 2.22. The van der Waals surface area contributed by atoms with Crippen LogP contribution < -0.4 is 5.32 Å². The number of thiazole rings is 1. The van der Waals surface area contributed by atoms with Crippen LogP contribution in [0.3, 0.4) is 0 Å². The third-order valence-corrected chi connectivity index (χ3v) is 4.00. The standard InChI is InChI=1S/C14H22N4S/c1-4-6-7-16-14-17-11(3)10-18(14)12(5-2)13-15-8-9-19-13/h8-10,12H,4-7H2,1-3H3,(H,16,17). The number of imidazole rings is 1. The van der Waals surface area contributed by atoms with Gasteiger partial charge < -0.3 is 9.88 Å². The van der Waals surface area contributed by atoms with Crippen LogP contribution in [0.15, 0.2) is 17.8 Å². The number of anilines is 1. The number of hydrogen-bond donors (Lipinski definition) is 1. The minimum absolute atomic E-state index is 0.283. The minimum atomic E-state index is 0.283. The molecule has 0 amide bonds. The van der Waals surface area contributed by atoms with E-state index >= 15 is 0 Å². The highest BCUT2D eigenvalue weighted by molar-refractivity contribution is 7.09. The van der Waals surface area contributed by atoms with Crippen molar-refractivity contribution in [3.63, 3.8) is 0 Å². The van der Waals surface area contributed by atoms with E-state index in [0.717, 1.165) is 29.6 Å². The average Bonchev–Trinajstić information content (AvgIpc) is 3.02. The molecule has 2 rings (SSSR count). The van der Waals surface area contributed by atoms with Gasteiger partial charge in [0.05, 0.1) is 11.7 Å². The van der Waals surface area contributed by atoms with Crippen molar-refractivity contribution in [3.05, 3.63) is 28.5 Å². The molecule has 0 aromatic carbocycles. The lowest BCUT2D eigenvalue weighted by molar-refractivity contribution is 0.566. The van der Waals surface area contributed by atoms with Crippen LogP contribution in [-0.2, 0) is 0 Å². The third kappa shape index (κ3) is 3.35. The van der Waals surface area contributed by atoms with Gasteiger partial charge in [0.2, 0.25) is 5.95 Å². The van der Waals surface area contributed by atoms with Crippen molar-refractivity contribution in [1.82, 2.24) is 14.5 Å². The predicted molar refractivity (Wildman–Crippen MR) is 80.9 cm³/mol. The molecule has 0 spiro atoms. The van der Waals surface area contributed by atoms with Crippen molar-refractivity contribution in [3.8, 4) is 0 Å². The van der Waals surface area contributed by atoms with Crippen molar-refractivity contribution >= 4 is 17.3 Å². The molecular weight excluding hydrogens is 256 g/mol. The van der Waals surface area contributed by atoms with Crippen molar-refractivity contribution in [1.29, 1.82) is 0 Å². The maximum absolute atomic E-state index is 4.59. The molecule has 19 heavy (non-hydrogen) atoms. The molecule has 0 aliphatic carbocycles. The maximum Gasteiger partial charge on any atom is 0.203 e. The number of nitrogens with zero attached hydrogens (tertiary/aromatic N) is 3. The van der Waals surface area contributed by atoms with E-state index in [1.165, 1.54) is 12.8 Å². The second kappa shape index (κ2) is 6.70. The van der Waals surface area contributed by atoms with Crippen molar-refractivity contribution in [2.45, 2.75) is 46.1 Å². The summed E-state index contributed by atoms with van der Waals surface area (Å²) in [6.45, 7) is 7.40. The molecule has 0 saturated heterocycles. The Morgan fingerprint density at radius 2 is 2.26 bits per heavy atom. The summed E-state index contributed by atoms with van der Waals surface area (Å²) in [5.74, 6) is 0.966. The number of unbranched alkanes of at least 4 members (excludes halogenated alkanes) is 1. The van der Waals surface area contributed by atoms with Crippen LogP contribution in [0.1, 0.15) is 49.9 Å². The summed E-state index contributed by atoms with van der Waals surface area (Å²) in [4.78, 5) is 9.04. The summed E-state index contributed by atoms with van der Waals surface area (Å²) < 4.78 is 2.23. The monoisotopic (exact) mass is 278 g/mol. The molecule has 1 unspecified atom stereocenters. The van der Waals surface area contributed by atoms with E-state index in [-0.39, 0.29) is 6.04 Å². The van der Waals surface area contributed by atoms with Gasteiger partial charge in [-0.3, -0.25) is 0 Å². The number of aromatic nitrogens is 3. The van der Waals surface area contributed by atoms with Gasteiger partial charge in [0.15, 0.2) is 0 Å². The Bertz CT molecular complexity index is 490. The summed E-state index contributed by atoms with van der Waals surface area (Å²) in [6.07, 6.45) is 7.36. The summed E-state index contributed by atoms with van der Waals surface area (Å²) in [6, 6.07) is 0.283. The van der Waals surface area contributed by atoms with Gasteiger partial charge >= 0.3 is 0 Å². The van der Waals surface area contributed by atoms with Crippen LogP contribution in [-0.4, -0.2) is 21.1 Å². The topological polar surface area (TPSA) is 42.7 Å². The first kappa shape index (κ1) is 14.1. The molecular formula is C14H22N4S. The van der Waals surface area contributed by atoms with Gasteiger partial charge in [-0.1, -0.05) is 20.3 Å². The first-order valence-electron chi connectivity index (χ1n) is 6.95. The van der Waals surface area contributed by atoms with Crippen LogP contribution in [0.4, 0.5) is 5.95 Å². The van der Waals surface area contributed by atoms with E-state index in [4.69, 9.17) is 0 Å². The highest BCUT2D eigenvalue weighted by atomic mass is 32.1. The molecule has 0 aliphatic heterocycles. The smallest absolute Gasteiger partial charge is 0.203 e. The van der Waals surface area contributed by atoms with E-state index in [1.54, 1.807) is 11.3 Å². The lowest BCUT2D eigenvalue weighted by atomic mass is 10.2. The van der Waals surface area contributed by atoms with E-state index in [9.17, 15) is 0 Å². The zero-order valence-corrected chi connectivity index (χ0v) is 12.7. The van der Waals surface area contributed by atoms with Crippen molar-refractivity contribution in [2.24, 2.45) is 0 Å². The van der Waals surface area contributed by atoms with Crippen molar-refractivity contribution < 1.29 is 0 Å². The number of rotatable bonds is 7. The molecule has 0 saturated carbocycles. The Morgan fingerprint density at radius 1 is 1.42 bits per heavy atom. The van der Waals surface area contributed by atoms with Crippen molar-refractivity contribution in [2.75, 3.05) is 11.9 Å². The maximum atomic E-state index is 4.59. The molecule has 0 radical (unpaired) electrons. The molecule has 5 heteroatoms. The Kier molecular flexibility index (Phi) is 4.96. The first-order valence-corrected chi connectivity index (χ1v) is 7.83. The molecule has 0 fully saturated rings. The fourth-order valence-electron chi connectivity index (χ4n) is 2.15. The van der Waals surface area contributed by atoms with Gasteiger partial charge in [0, 0.05) is 24.3 Å². The normalized spacial score (nSPS) is 12.6. The number of nitrogens with one attached hydrogen (secondary N) is 1. The molecule has 4 nitrogen and oxygen atoms in total. The quantitative estimate of drug-likeness (QED) is 0.782. The molecule has 0 aliphatic rings. The Morgan fingerprint density at radius 3 is 2.89 bits per heavy atom. The van der Waals surface area contributed by atoms with E-state index < -0.39 is 0 Å². The second-order valence-corrected chi connectivity index (χ2v) is 5.61. The summed E-state index contributed by atoms with van der Waals surface area (Å²) in [5.41, 5.74) is 1.05. The lowest BCUT2D eigenvalue weighted by Crippen LogP contribution is -2.14. The van der Waals surface area contributed by atoms with Gasteiger partial charge in [-0.25, -0.2) is 9.97 Å². The molecule has 0 bridgehead atoms. The van der Waals surface area contributed by atoms with E-state index in [1.807, 2.05) is 18.5 Å². The largest absolute Gasteiger partial charge is 0.356 e. The van der Waals surface area contributed by atoms with Crippen LogP contribution in [0, 0.1) is 6.92 Å². The van der Waals surface area contributed by atoms with Crippen LogP contribution in [0.25, 0.3) is 0 Å². The third-order valence-electron chi connectivity index (χ3n) is 3.13. The van der Waals surface area contributed by atoms with Gasteiger partial charge in [-0.05, 0) is 19.8 Å². The summed E-state index contributed by atoms with van der Waals surface area (Å²) in [5, 5.41) is 6.63. The second-order valence-electron chi connectivity index (χ2n) is 4.69. The highest BCUT2D eigenvalue weighted by Gasteiger charge is 2.18. The fraction of sp³-hybridized carbons (Fsp3) is 0.571. The predicted octanol–water partition coefficient (Wildman–Crippen LogP) is 3.86. The lowest BCUT2D eigenvalue weighted by Gasteiger charge is -2.17. The Hall–Kier alpha value is -1.36. The van der Waals surface area contributed by atoms with Gasteiger partial charge in [-0.15, -0.1) is 11.3 Å².